The minimum absolute atomic E-state index is 0.0586. The summed E-state index contributed by atoms with van der Waals surface area (Å²) in [6.07, 6.45) is -1.34. The van der Waals surface area contributed by atoms with E-state index in [0.717, 1.165) is 0 Å². The highest BCUT2D eigenvalue weighted by Crippen LogP contribution is 2.25. The van der Waals surface area contributed by atoms with Crippen molar-refractivity contribution < 1.29 is 24.2 Å². The molecule has 1 unspecified atom stereocenters. The van der Waals surface area contributed by atoms with Gasteiger partial charge in [0.05, 0.1) is 0 Å². The molecule has 0 saturated carbocycles. The molecule has 0 aliphatic heterocycles. The first-order valence-electron chi connectivity index (χ1n) is 8.07. The standard InChI is InChI=1S/C19H20N2O5/c1-3-20-19(25)21-17(23)16(13-9-5-4-6-10-13)26-18(24)14-11-7-8-12(2)15(14)22/h4-11,16,22H,3H2,1-2H3,(H2,20,21,23,25). The smallest absolute Gasteiger partial charge is 0.343 e. The molecule has 2 aromatic carbocycles. The van der Waals surface area contributed by atoms with Gasteiger partial charge in [-0.2, -0.15) is 0 Å². The number of rotatable bonds is 5. The molecular formula is C19H20N2O5. The van der Waals surface area contributed by atoms with Gasteiger partial charge in [-0.25, -0.2) is 9.59 Å². The summed E-state index contributed by atoms with van der Waals surface area (Å²) in [5, 5.41) is 14.6. The number of ether oxygens (including phenoxy) is 1. The first-order valence-corrected chi connectivity index (χ1v) is 8.07. The maximum absolute atomic E-state index is 12.5. The molecule has 0 heterocycles. The van der Waals surface area contributed by atoms with Crippen molar-refractivity contribution in [1.29, 1.82) is 0 Å². The number of carbonyl (C=O) groups excluding carboxylic acids is 3. The van der Waals surface area contributed by atoms with Gasteiger partial charge in [-0.3, -0.25) is 10.1 Å². The number of hydrogen-bond acceptors (Lipinski definition) is 5. The van der Waals surface area contributed by atoms with Crippen LogP contribution < -0.4 is 10.6 Å². The summed E-state index contributed by atoms with van der Waals surface area (Å²) in [7, 11) is 0. The van der Waals surface area contributed by atoms with Crippen molar-refractivity contribution in [2.24, 2.45) is 0 Å². The minimum atomic E-state index is -1.34. The van der Waals surface area contributed by atoms with Crippen molar-refractivity contribution in [2.45, 2.75) is 20.0 Å². The summed E-state index contributed by atoms with van der Waals surface area (Å²) in [4.78, 5) is 36.5. The van der Waals surface area contributed by atoms with E-state index in [1.807, 2.05) is 0 Å². The molecule has 3 N–H and O–H groups in total. The molecule has 7 nitrogen and oxygen atoms in total. The molecule has 0 aliphatic rings. The number of imide groups is 1. The summed E-state index contributed by atoms with van der Waals surface area (Å²) in [6, 6.07) is 12.3. The molecule has 7 heteroatoms. The van der Waals surface area contributed by atoms with Crippen LogP contribution >= 0.6 is 0 Å². The highest BCUT2D eigenvalue weighted by atomic mass is 16.5. The number of esters is 1. The number of para-hydroxylation sites is 1. The van der Waals surface area contributed by atoms with Gasteiger partial charge >= 0.3 is 12.0 Å². The van der Waals surface area contributed by atoms with Crippen LogP contribution in [0.2, 0.25) is 0 Å². The van der Waals surface area contributed by atoms with Crippen LogP contribution in [0.4, 0.5) is 4.79 Å². The molecule has 0 radical (unpaired) electrons. The summed E-state index contributed by atoms with van der Waals surface area (Å²) in [5.41, 5.74) is 0.842. The van der Waals surface area contributed by atoms with Gasteiger partial charge in [-0.1, -0.05) is 42.5 Å². The summed E-state index contributed by atoms with van der Waals surface area (Å²) in [6.45, 7) is 3.69. The van der Waals surface area contributed by atoms with Crippen molar-refractivity contribution in [3.05, 3.63) is 65.2 Å². The van der Waals surface area contributed by atoms with Gasteiger partial charge in [0, 0.05) is 12.1 Å². The Morgan fingerprint density at radius 1 is 1.08 bits per heavy atom. The summed E-state index contributed by atoms with van der Waals surface area (Å²) in [5.74, 6) is -1.87. The molecular weight excluding hydrogens is 336 g/mol. The lowest BCUT2D eigenvalue weighted by molar-refractivity contribution is -0.129. The summed E-state index contributed by atoms with van der Waals surface area (Å²) >= 11 is 0. The predicted octanol–water partition coefficient (Wildman–Crippen LogP) is 2.44. The van der Waals surface area contributed by atoms with Gasteiger partial charge in [0.25, 0.3) is 5.91 Å². The second-order valence-corrected chi connectivity index (χ2v) is 5.52. The van der Waals surface area contributed by atoms with Gasteiger partial charge in [0.2, 0.25) is 6.10 Å². The van der Waals surface area contributed by atoms with Gasteiger partial charge in [0.1, 0.15) is 11.3 Å². The number of phenols is 1. The lowest BCUT2D eigenvalue weighted by atomic mass is 10.1. The van der Waals surface area contributed by atoms with Crippen molar-refractivity contribution in [3.8, 4) is 5.75 Å². The van der Waals surface area contributed by atoms with E-state index >= 15 is 0 Å². The molecule has 0 aliphatic carbocycles. The van der Waals surface area contributed by atoms with Crippen LogP contribution in [-0.4, -0.2) is 29.6 Å². The Bertz CT molecular complexity index is 805. The Morgan fingerprint density at radius 2 is 1.77 bits per heavy atom. The number of aryl methyl sites for hydroxylation is 1. The average molecular weight is 356 g/mol. The number of carbonyl (C=O) groups is 3. The average Bonchev–Trinajstić information content (AvgIpc) is 2.62. The molecule has 1 atom stereocenters. The van der Waals surface area contributed by atoms with E-state index in [-0.39, 0.29) is 11.3 Å². The van der Waals surface area contributed by atoms with Crippen LogP contribution in [0.15, 0.2) is 48.5 Å². The second-order valence-electron chi connectivity index (χ2n) is 5.52. The molecule has 0 aromatic heterocycles. The highest BCUT2D eigenvalue weighted by Gasteiger charge is 2.28. The lowest BCUT2D eigenvalue weighted by Gasteiger charge is -2.18. The first kappa shape index (κ1) is 19.0. The van der Waals surface area contributed by atoms with E-state index in [9.17, 15) is 19.5 Å². The van der Waals surface area contributed by atoms with E-state index in [1.54, 1.807) is 56.3 Å². The third-order valence-electron chi connectivity index (χ3n) is 3.60. The molecule has 2 aromatic rings. The quantitative estimate of drug-likeness (QED) is 0.714. The van der Waals surface area contributed by atoms with Crippen LogP contribution in [0.1, 0.15) is 34.5 Å². The van der Waals surface area contributed by atoms with E-state index < -0.39 is 24.0 Å². The maximum atomic E-state index is 12.5. The molecule has 26 heavy (non-hydrogen) atoms. The minimum Gasteiger partial charge on any atom is -0.507 e. The van der Waals surface area contributed by atoms with E-state index in [4.69, 9.17) is 4.74 Å². The Labute approximate surface area is 151 Å². The number of amides is 3. The van der Waals surface area contributed by atoms with Crippen LogP contribution in [0.25, 0.3) is 0 Å². The van der Waals surface area contributed by atoms with Crippen LogP contribution in [0.3, 0.4) is 0 Å². The number of nitrogens with one attached hydrogen (secondary N) is 2. The third kappa shape index (κ3) is 4.60. The maximum Gasteiger partial charge on any atom is 0.343 e. The molecule has 3 amide bonds. The normalized spacial score (nSPS) is 11.3. The van der Waals surface area contributed by atoms with Crippen LogP contribution in [0, 0.1) is 6.92 Å². The van der Waals surface area contributed by atoms with Gasteiger partial charge in [-0.15, -0.1) is 0 Å². The van der Waals surface area contributed by atoms with Crippen molar-refractivity contribution in [3.63, 3.8) is 0 Å². The number of benzene rings is 2. The van der Waals surface area contributed by atoms with E-state index in [0.29, 0.717) is 17.7 Å². The Balaban J connectivity index is 2.27. The number of urea groups is 1. The topological polar surface area (TPSA) is 105 Å². The van der Waals surface area contributed by atoms with Gasteiger partial charge in [0.15, 0.2) is 0 Å². The second kappa shape index (κ2) is 8.66. The van der Waals surface area contributed by atoms with E-state index in [2.05, 4.69) is 10.6 Å². The Hall–Kier alpha value is -3.35. The van der Waals surface area contributed by atoms with Crippen molar-refractivity contribution >= 4 is 17.9 Å². The monoisotopic (exact) mass is 356 g/mol. The lowest BCUT2D eigenvalue weighted by Crippen LogP contribution is -2.42. The van der Waals surface area contributed by atoms with Gasteiger partial charge < -0.3 is 15.2 Å². The molecule has 0 spiro atoms. The Morgan fingerprint density at radius 3 is 2.42 bits per heavy atom. The fraction of sp³-hybridized carbons (Fsp3) is 0.211. The van der Waals surface area contributed by atoms with E-state index in [1.165, 1.54) is 6.07 Å². The fourth-order valence-corrected chi connectivity index (χ4v) is 2.28. The number of phenolic OH excluding ortho intramolecular Hbond substituents is 1. The van der Waals surface area contributed by atoms with Crippen molar-refractivity contribution in [2.75, 3.05) is 6.54 Å². The Kier molecular flexibility index (Phi) is 6.32. The summed E-state index contributed by atoms with van der Waals surface area (Å²) < 4.78 is 5.31. The van der Waals surface area contributed by atoms with Crippen LogP contribution in [-0.2, 0) is 9.53 Å². The fourth-order valence-electron chi connectivity index (χ4n) is 2.28. The molecule has 2 rings (SSSR count). The highest BCUT2D eigenvalue weighted by molar-refractivity contribution is 5.99. The first-order chi connectivity index (χ1) is 12.4. The SMILES string of the molecule is CCNC(=O)NC(=O)C(OC(=O)c1cccc(C)c1O)c1ccccc1. The molecule has 0 bridgehead atoms. The molecule has 0 saturated heterocycles. The number of aromatic hydroxyl groups is 1. The largest absolute Gasteiger partial charge is 0.507 e. The third-order valence-corrected chi connectivity index (χ3v) is 3.60. The van der Waals surface area contributed by atoms with Gasteiger partial charge in [-0.05, 0) is 25.5 Å². The zero-order chi connectivity index (χ0) is 19.1. The molecule has 136 valence electrons. The number of hydrogen-bond donors (Lipinski definition) is 3. The van der Waals surface area contributed by atoms with Crippen LogP contribution in [0.5, 0.6) is 5.75 Å². The van der Waals surface area contributed by atoms with Crippen molar-refractivity contribution in [1.82, 2.24) is 10.6 Å². The molecule has 0 fully saturated rings. The predicted molar refractivity (Wildman–Crippen MR) is 94.7 cm³/mol. The zero-order valence-corrected chi connectivity index (χ0v) is 14.5. The zero-order valence-electron chi connectivity index (χ0n) is 14.5.